The van der Waals surface area contributed by atoms with Crippen molar-refractivity contribution in [3.63, 3.8) is 0 Å². The summed E-state index contributed by atoms with van der Waals surface area (Å²) in [4.78, 5) is 11.2. The fourth-order valence-corrected chi connectivity index (χ4v) is 10.1. The third-order valence-electron chi connectivity index (χ3n) is 11.7. The normalized spacial score (nSPS) is 53.8. The molecule has 4 aliphatic rings. The van der Waals surface area contributed by atoms with E-state index in [1.54, 1.807) is 0 Å². The van der Waals surface area contributed by atoms with E-state index in [1.165, 1.54) is 0 Å². The summed E-state index contributed by atoms with van der Waals surface area (Å²) < 4.78 is 0. The second-order valence-corrected chi connectivity index (χ2v) is 12.8. The second kappa shape index (κ2) is 8.23. The molecule has 4 aliphatic carbocycles. The van der Waals surface area contributed by atoms with Crippen molar-refractivity contribution in [2.75, 3.05) is 0 Å². The first-order valence-electron chi connectivity index (χ1n) is 13.2. The molecule has 5 nitrogen and oxygen atoms in total. The average molecular weight is 451 g/mol. The third kappa shape index (κ3) is 3.32. The maximum Gasteiger partial charge on any atom is 0.303 e. The van der Waals surface area contributed by atoms with E-state index in [4.69, 9.17) is 0 Å². The van der Waals surface area contributed by atoms with Crippen LogP contribution >= 0.6 is 0 Å². The lowest BCUT2D eigenvalue weighted by Gasteiger charge is -2.70. The van der Waals surface area contributed by atoms with E-state index in [0.29, 0.717) is 30.6 Å². The molecular weight excluding hydrogens is 404 g/mol. The molecule has 0 bridgehead atoms. The van der Waals surface area contributed by atoms with Gasteiger partial charge in [-0.25, -0.2) is 0 Å². The Kier molecular flexibility index (Phi) is 6.30. The SMILES string of the molecule is CC[C@H]1[C@@H](O)C2C3CC[C@H]([C@H](C)CCC(=O)O)[C@@]3(C)C[C@@H](O)C2[C@@]2(C)CC[C@@H](O)C[C@@]12C. The van der Waals surface area contributed by atoms with Gasteiger partial charge in [-0.1, -0.05) is 41.0 Å². The number of aliphatic hydroxyl groups is 3. The zero-order valence-electron chi connectivity index (χ0n) is 20.8. The van der Waals surface area contributed by atoms with Crippen LogP contribution in [0.1, 0.15) is 92.4 Å². The first kappa shape index (κ1) is 24.5. The molecule has 0 heterocycles. The van der Waals surface area contributed by atoms with Crippen molar-refractivity contribution in [3.05, 3.63) is 0 Å². The number of hydrogen-bond donors (Lipinski definition) is 4. The summed E-state index contributed by atoms with van der Waals surface area (Å²) in [5, 5.41) is 43.4. The van der Waals surface area contributed by atoms with E-state index in [9.17, 15) is 25.2 Å². The zero-order valence-corrected chi connectivity index (χ0v) is 20.8. The summed E-state index contributed by atoms with van der Waals surface area (Å²) >= 11 is 0. The van der Waals surface area contributed by atoms with Crippen molar-refractivity contribution < 1.29 is 25.2 Å². The highest BCUT2D eigenvalue weighted by atomic mass is 16.4. The number of rotatable bonds is 5. The molecule has 0 aliphatic heterocycles. The summed E-state index contributed by atoms with van der Waals surface area (Å²) in [5.41, 5.74) is -0.331. The smallest absolute Gasteiger partial charge is 0.303 e. The quantitative estimate of drug-likeness (QED) is 0.495. The Labute approximate surface area is 194 Å². The van der Waals surface area contributed by atoms with Crippen LogP contribution in [-0.4, -0.2) is 44.7 Å². The molecule has 0 spiro atoms. The van der Waals surface area contributed by atoms with Crippen molar-refractivity contribution >= 4 is 5.97 Å². The van der Waals surface area contributed by atoms with Crippen molar-refractivity contribution in [1.29, 1.82) is 0 Å². The summed E-state index contributed by atoms with van der Waals surface area (Å²) in [5.74, 6) is 0.595. The number of carboxylic acids is 1. The summed E-state index contributed by atoms with van der Waals surface area (Å²) in [6.45, 7) is 11.3. The van der Waals surface area contributed by atoms with Gasteiger partial charge < -0.3 is 20.4 Å². The minimum atomic E-state index is -0.736. The van der Waals surface area contributed by atoms with Crippen molar-refractivity contribution in [2.24, 2.45) is 51.8 Å². The third-order valence-corrected chi connectivity index (χ3v) is 11.7. The van der Waals surface area contributed by atoms with Crippen molar-refractivity contribution in [2.45, 2.75) is 111 Å². The van der Waals surface area contributed by atoms with E-state index < -0.39 is 18.2 Å². The van der Waals surface area contributed by atoms with Gasteiger partial charge in [0.2, 0.25) is 0 Å². The number of aliphatic hydroxyl groups excluding tert-OH is 3. The van der Waals surface area contributed by atoms with Gasteiger partial charge in [0.05, 0.1) is 18.3 Å². The molecule has 0 aromatic rings. The summed E-state index contributed by atoms with van der Waals surface area (Å²) in [6, 6.07) is 0. The molecule has 0 aromatic carbocycles. The molecule has 0 saturated heterocycles. The molecule has 0 radical (unpaired) electrons. The van der Waals surface area contributed by atoms with Crippen LogP contribution in [0, 0.1) is 51.8 Å². The number of carbonyl (C=O) groups is 1. The Morgan fingerprint density at radius 2 is 1.72 bits per heavy atom. The number of hydrogen-bond acceptors (Lipinski definition) is 4. The average Bonchev–Trinajstić information content (AvgIpc) is 3.04. The second-order valence-electron chi connectivity index (χ2n) is 12.8. The van der Waals surface area contributed by atoms with Crippen LogP contribution in [0.4, 0.5) is 0 Å². The van der Waals surface area contributed by atoms with Crippen LogP contribution in [-0.2, 0) is 4.79 Å². The molecule has 12 atom stereocenters. The fraction of sp³-hybridized carbons (Fsp3) is 0.963. The van der Waals surface area contributed by atoms with E-state index in [0.717, 1.165) is 38.5 Å². The Bertz CT molecular complexity index is 725. The van der Waals surface area contributed by atoms with Crippen LogP contribution < -0.4 is 0 Å². The minimum Gasteiger partial charge on any atom is -0.481 e. The van der Waals surface area contributed by atoms with Gasteiger partial charge in [0.1, 0.15) is 0 Å². The van der Waals surface area contributed by atoms with Gasteiger partial charge in [0.25, 0.3) is 0 Å². The highest BCUT2D eigenvalue weighted by Gasteiger charge is 2.70. The summed E-state index contributed by atoms with van der Waals surface area (Å²) in [6.07, 6.45) is 5.82. The number of aliphatic carboxylic acids is 1. The van der Waals surface area contributed by atoms with Crippen LogP contribution in [0.15, 0.2) is 0 Å². The number of carboxylic acid groups (broad SMARTS) is 1. The topological polar surface area (TPSA) is 98.0 Å². The monoisotopic (exact) mass is 450 g/mol. The minimum absolute atomic E-state index is 0.0592. The number of fused-ring (bicyclic) bond motifs is 5. The molecule has 4 N–H and O–H groups in total. The molecule has 0 amide bonds. The lowest BCUT2D eigenvalue weighted by atomic mass is 9.36. The molecule has 4 rings (SSSR count). The zero-order chi connectivity index (χ0) is 23.6. The van der Waals surface area contributed by atoms with Gasteiger partial charge >= 0.3 is 5.97 Å². The maximum atomic E-state index is 11.9. The maximum absolute atomic E-state index is 11.9. The van der Waals surface area contributed by atoms with Crippen LogP contribution in [0.5, 0.6) is 0 Å². The predicted octanol–water partition coefficient (Wildman–Crippen LogP) is 4.47. The van der Waals surface area contributed by atoms with E-state index in [2.05, 4.69) is 34.6 Å². The van der Waals surface area contributed by atoms with E-state index >= 15 is 0 Å². The Hall–Kier alpha value is -0.650. The standard InChI is InChI=1S/C27H46O5/c1-6-17-24(32)22-19-9-8-18(15(2)7-10-21(30)31)25(19,3)14-20(29)23(22)26(4)12-11-16(28)13-27(17,26)5/h15-20,22-24,28-29,32H,6-14H2,1-5H3,(H,30,31)/t15-,16-,17+,18-,19?,20-,22?,23?,24-,25-,26-,27+/m1/s1. The van der Waals surface area contributed by atoms with Crippen molar-refractivity contribution in [1.82, 2.24) is 0 Å². The lowest BCUT2D eigenvalue weighted by Crippen LogP contribution is -2.69. The molecule has 0 aromatic heterocycles. The van der Waals surface area contributed by atoms with Gasteiger partial charge in [0, 0.05) is 6.42 Å². The molecule has 32 heavy (non-hydrogen) atoms. The summed E-state index contributed by atoms with van der Waals surface area (Å²) in [7, 11) is 0. The van der Waals surface area contributed by atoms with Crippen LogP contribution in [0.3, 0.4) is 0 Å². The lowest BCUT2D eigenvalue weighted by molar-refractivity contribution is -0.268. The highest BCUT2D eigenvalue weighted by molar-refractivity contribution is 5.66. The van der Waals surface area contributed by atoms with Crippen LogP contribution in [0.2, 0.25) is 0 Å². The first-order valence-corrected chi connectivity index (χ1v) is 13.2. The predicted molar refractivity (Wildman–Crippen MR) is 124 cm³/mol. The van der Waals surface area contributed by atoms with Gasteiger partial charge in [0.15, 0.2) is 0 Å². The van der Waals surface area contributed by atoms with E-state index in [1.807, 2.05) is 0 Å². The van der Waals surface area contributed by atoms with Crippen molar-refractivity contribution in [3.8, 4) is 0 Å². The molecular formula is C27H46O5. The largest absolute Gasteiger partial charge is 0.481 e. The van der Waals surface area contributed by atoms with Crippen LogP contribution in [0.25, 0.3) is 0 Å². The highest BCUT2D eigenvalue weighted by Crippen LogP contribution is 2.72. The van der Waals surface area contributed by atoms with E-state index in [-0.39, 0.29) is 46.5 Å². The first-order chi connectivity index (χ1) is 14.9. The van der Waals surface area contributed by atoms with Gasteiger partial charge in [-0.05, 0) is 96.7 Å². The van der Waals surface area contributed by atoms with Gasteiger partial charge in [-0.3, -0.25) is 4.79 Å². The molecule has 4 saturated carbocycles. The molecule has 4 fully saturated rings. The fourth-order valence-electron chi connectivity index (χ4n) is 10.1. The van der Waals surface area contributed by atoms with Gasteiger partial charge in [-0.15, -0.1) is 0 Å². The van der Waals surface area contributed by atoms with Gasteiger partial charge in [-0.2, -0.15) is 0 Å². The molecule has 184 valence electrons. The Morgan fingerprint density at radius 1 is 1.03 bits per heavy atom. The Balaban J connectivity index is 1.70. The molecule has 5 heteroatoms. The Morgan fingerprint density at radius 3 is 2.34 bits per heavy atom. The molecule has 3 unspecified atom stereocenters.